The molecule has 0 amide bonds. The van der Waals surface area contributed by atoms with E-state index in [-0.39, 0.29) is 0 Å². The zero-order chi connectivity index (χ0) is 23.7. The van der Waals surface area contributed by atoms with Crippen molar-refractivity contribution >= 4 is 11.3 Å². The van der Waals surface area contributed by atoms with E-state index < -0.39 is 6.10 Å². The molecule has 1 fully saturated rings. The fourth-order valence-electron chi connectivity index (χ4n) is 4.66. The average molecular weight is 462 g/mol. The van der Waals surface area contributed by atoms with E-state index in [4.69, 9.17) is 9.72 Å². The molecular weight excluding hydrogens is 430 g/mol. The Morgan fingerprint density at radius 1 is 1.00 bits per heavy atom. The predicted octanol–water partition coefficient (Wildman–Crippen LogP) is 2.23. The molecule has 1 saturated heterocycles. The largest absolute Gasteiger partial charge is 0.389 e. The number of hydrogen-bond acceptors (Lipinski definition) is 7. The lowest BCUT2D eigenvalue weighted by Crippen LogP contribution is -2.49. The minimum Gasteiger partial charge on any atom is -0.389 e. The number of aliphatic hydroxyl groups excluding tert-OH is 1. The molecule has 1 aliphatic heterocycles. The predicted molar refractivity (Wildman–Crippen MR) is 132 cm³/mol. The molecule has 5 rings (SSSR count). The van der Waals surface area contributed by atoms with Gasteiger partial charge in [0.25, 0.3) is 0 Å². The number of piperazine rings is 1. The van der Waals surface area contributed by atoms with Crippen molar-refractivity contribution in [1.29, 1.82) is 0 Å². The number of aliphatic hydroxyl groups is 1. The summed E-state index contributed by atoms with van der Waals surface area (Å²) < 4.78 is 8.79. The first-order valence-electron chi connectivity index (χ1n) is 11.6. The Kier molecular flexibility index (Phi) is 6.32. The molecule has 4 aromatic rings. The van der Waals surface area contributed by atoms with Crippen LogP contribution >= 0.6 is 0 Å². The maximum atomic E-state index is 9.99. The van der Waals surface area contributed by atoms with Gasteiger partial charge in [0.1, 0.15) is 5.82 Å². The molecule has 0 aliphatic carbocycles. The van der Waals surface area contributed by atoms with E-state index in [1.54, 1.807) is 7.11 Å². The Morgan fingerprint density at radius 2 is 1.82 bits per heavy atom. The Morgan fingerprint density at radius 3 is 2.50 bits per heavy atom. The summed E-state index contributed by atoms with van der Waals surface area (Å²) in [5, 5.41) is 18.9. The molecule has 0 spiro atoms. The second-order valence-corrected chi connectivity index (χ2v) is 8.97. The number of anilines is 1. The van der Waals surface area contributed by atoms with E-state index >= 15 is 0 Å². The van der Waals surface area contributed by atoms with Crippen molar-refractivity contribution in [3.05, 3.63) is 54.7 Å². The third kappa shape index (κ3) is 4.54. The molecule has 0 aromatic carbocycles. The summed E-state index contributed by atoms with van der Waals surface area (Å²) >= 11 is 0. The van der Waals surface area contributed by atoms with Crippen LogP contribution in [-0.4, -0.2) is 86.9 Å². The normalized spacial score (nSPS) is 15.8. The van der Waals surface area contributed by atoms with Crippen molar-refractivity contribution in [1.82, 2.24) is 29.3 Å². The molecule has 4 aromatic heterocycles. The standard InChI is InChI=1S/C25H31N7O2/c1-18-11-28-32-15-20(21-13-27-29(2)14-21)10-23(25(18)32)19-4-5-24(26-12-19)31-8-6-30(7-9-31)16-22(33)17-34-3/h4-5,10-15,22,33H,6-9,16-17H2,1-3H3/t22-/m1/s1. The first-order valence-corrected chi connectivity index (χ1v) is 11.6. The summed E-state index contributed by atoms with van der Waals surface area (Å²) in [6.07, 6.45) is 9.34. The zero-order valence-electron chi connectivity index (χ0n) is 19.9. The van der Waals surface area contributed by atoms with Gasteiger partial charge in [-0.2, -0.15) is 10.2 Å². The summed E-state index contributed by atoms with van der Waals surface area (Å²) in [6, 6.07) is 6.44. The Hall–Kier alpha value is -3.27. The van der Waals surface area contributed by atoms with Crippen LogP contribution in [0.5, 0.6) is 0 Å². The molecule has 0 saturated carbocycles. The van der Waals surface area contributed by atoms with Crippen LogP contribution in [0.3, 0.4) is 0 Å². The van der Waals surface area contributed by atoms with Crippen LogP contribution in [0.2, 0.25) is 0 Å². The number of nitrogens with zero attached hydrogens (tertiary/aromatic N) is 7. The van der Waals surface area contributed by atoms with Crippen LogP contribution in [0.25, 0.3) is 27.8 Å². The van der Waals surface area contributed by atoms with Gasteiger partial charge in [0, 0.05) is 87.7 Å². The van der Waals surface area contributed by atoms with Crippen LogP contribution in [0.4, 0.5) is 5.82 Å². The maximum Gasteiger partial charge on any atom is 0.128 e. The highest BCUT2D eigenvalue weighted by Gasteiger charge is 2.20. The van der Waals surface area contributed by atoms with Gasteiger partial charge in [-0.3, -0.25) is 9.58 Å². The number of rotatable bonds is 7. The molecule has 1 aliphatic rings. The Bertz CT molecular complexity index is 1260. The molecular formula is C25H31N7O2. The van der Waals surface area contributed by atoms with E-state index in [1.807, 2.05) is 47.2 Å². The van der Waals surface area contributed by atoms with Crippen molar-refractivity contribution in [3.63, 3.8) is 0 Å². The summed E-state index contributed by atoms with van der Waals surface area (Å²) in [7, 11) is 3.54. The number of methoxy groups -OCH3 is 1. The monoisotopic (exact) mass is 461 g/mol. The van der Waals surface area contributed by atoms with E-state index in [9.17, 15) is 5.11 Å². The average Bonchev–Trinajstić information content (AvgIpc) is 3.45. The van der Waals surface area contributed by atoms with Gasteiger partial charge in [-0.25, -0.2) is 9.50 Å². The lowest BCUT2D eigenvalue weighted by Gasteiger charge is -2.36. The molecule has 0 unspecified atom stereocenters. The fourth-order valence-corrected chi connectivity index (χ4v) is 4.66. The first kappa shape index (κ1) is 22.5. The smallest absolute Gasteiger partial charge is 0.128 e. The van der Waals surface area contributed by atoms with Crippen LogP contribution in [0.1, 0.15) is 5.56 Å². The lowest BCUT2D eigenvalue weighted by molar-refractivity contribution is 0.0365. The second-order valence-electron chi connectivity index (χ2n) is 8.97. The van der Waals surface area contributed by atoms with Gasteiger partial charge in [0.05, 0.1) is 30.6 Å². The summed E-state index contributed by atoms with van der Waals surface area (Å²) in [5.41, 5.74) is 6.50. The van der Waals surface area contributed by atoms with E-state index in [0.717, 1.165) is 65.3 Å². The van der Waals surface area contributed by atoms with E-state index in [2.05, 4.69) is 45.1 Å². The van der Waals surface area contributed by atoms with E-state index in [0.29, 0.717) is 13.2 Å². The number of aryl methyl sites for hydroxylation is 2. The van der Waals surface area contributed by atoms with Crippen LogP contribution in [0, 0.1) is 6.92 Å². The van der Waals surface area contributed by atoms with Crippen molar-refractivity contribution in [3.8, 4) is 22.3 Å². The third-order valence-corrected chi connectivity index (χ3v) is 6.42. The van der Waals surface area contributed by atoms with Gasteiger partial charge in [0.2, 0.25) is 0 Å². The Labute approximate surface area is 199 Å². The van der Waals surface area contributed by atoms with Gasteiger partial charge in [0.15, 0.2) is 0 Å². The van der Waals surface area contributed by atoms with Gasteiger partial charge < -0.3 is 14.7 Å². The minimum absolute atomic E-state index is 0.370. The van der Waals surface area contributed by atoms with Crippen molar-refractivity contribution in [2.75, 3.05) is 51.3 Å². The highest BCUT2D eigenvalue weighted by Crippen LogP contribution is 2.32. The number of aromatic nitrogens is 5. The second kappa shape index (κ2) is 9.54. The summed E-state index contributed by atoms with van der Waals surface area (Å²) in [5.74, 6) is 0.977. The minimum atomic E-state index is -0.444. The van der Waals surface area contributed by atoms with Crippen molar-refractivity contribution in [2.24, 2.45) is 7.05 Å². The van der Waals surface area contributed by atoms with Crippen LogP contribution in [0.15, 0.2) is 49.2 Å². The number of pyridine rings is 2. The van der Waals surface area contributed by atoms with E-state index in [1.165, 1.54) is 0 Å². The van der Waals surface area contributed by atoms with Gasteiger partial charge in [-0.05, 0) is 30.7 Å². The van der Waals surface area contributed by atoms with Gasteiger partial charge in [-0.1, -0.05) is 0 Å². The molecule has 1 N–H and O–H groups in total. The molecule has 9 heteroatoms. The molecule has 0 bridgehead atoms. The number of fused-ring (bicyclic) bond motifs is 1. The molecule has 1 atom stereocenters. The molecule has 9 nitrogen and oxygen atoms in total. The number of hydrogen-bond donors (Lipinski definition) is 1. The quantitative estimate of drug-likeness (QED) is 0.452. The summed E-state index contributed by atoms with van der Waals surface area (Å²) in [6.45, 7) is 6.65. The SMILES string of the molecule is COC[C@H](O)CN1CCN(c2ccc(-c3cc(-c4cnn(C)c4)cn4ncc(C)c34)cn2)CC1. The zero-order valence-corrected chi connectivity index (χ0v) is 19.9. The molecule has 34 heavy (non-hydrogen) atoms. The Balaban J connectivity index is 1.37. The number of ether oxygens (including phenoxy) is 1. The van der Waals surface area contributed by atoms with Crippen molar-refractivity contribution < 1.29 is 9.84 Å². The molecule has 0 radical (unpaired) electrons. The highest BCUT2D eigenvalue weighted by molar-refractivity contribution is 5.86. The van der Waals surface area contributed by atoms with Crippen LogP contribution in [-0.2, 0) is 11.8 Å². The fraction of sp³-hybridized carbons (Fsp3) is 0.400. The van der Waals surface area contributed by atoms with Gasteiger partial charge in [-0.15, -0.1) is 0 Å². The molecule has 178 valence electrons. The van der Waals surface area contributed by atoms with Crippen molar-refractivity contribution in [2.45, 2.75) is 13.0 Å². The third-order valence-electron chi connectivity index (χ3n) is 6.42. The van der Waals surface area contributed by atoms with Crippen LogP contribution < -0.4 is 4.90 Å². The summed E-state index contributed by atoms with van der Waals surface area (Å²) in [4.78, 5) is 9.39. The highest BCUT2D eigenvalue weighted by atomic mass is 16.5. The number of β-amino-alcohol motifs (C(OH)–C–C–N with tert-alkyl or cyclic N) is 1. The first-order chi connectivity index (χ1) is 16.5. The van der Waals surface area contributed by atoms with Gasteiger partial charge >= 0.3 is 0 Å². The maximum absolute atomic E-state index is 9.99. The topological polar surface area (TPSA) is 84.0 Å². The molecule has 5 heterocycles. The lowest BCUT2D eigenvalue weighted by atomic mass is 10.0.